The lowest BCUT2D eigenvalue weighted by molar-refractivity contribution is -0.121. The van der Waals surface area contributed by atoms with Crippen molar-refractivity contribution in [1.29, 1.82) is 0 Å². The van der Waals surface area contributed by atoms with Crippen molar-refractivity contribution in [2.24, 2.45) is 5.73 Å². The van der Waals surface area contributed by atoms with Crippen molar-refractivity contribution in [2.75, 3.05) is 6.61 Å². The molecule has 0 bridgehead atoms. The van der Waals surface area contributed by atoms with Crippen molar-refractivity contribution in [1.82, 2.24) is 5.32 Å². The number of carbonyl (C=O) groups is 1. The largest absolute Gasteiger partial charge is 0.493 e. The number of nitrogens with two attached hydrogens (primary N) is 1. The second-order valence-electron chi connectivity index (χ2n) is 5.41. The third-order valence-corrected chi connectivity index (χ3v) is 3.73. The Morgan fingerprint density at radius 2 is 2.05 bits per heavy atom. The molecule has 0 aromatic heterocycles. The molecule has 4 nitrogen and oxygen atoms in total. The molecular formula is C17H20N2O2. The topological polar surface area (TPSA) is 64.3 Å². The average molecular weight is 284 g/mol. The van der Waals surface area contributed by atoms with Gasteiger partial charge < -0.3 is 15.8 Å². The molecule has 1 saturated carbocycles. The van der Waals surface area contributed by atoms with Crippen molar-refractivity contribution >= 4 is 16.7 Å². The smallest absolute Gasteiger partial charge is 0.223 e. The highest BCUT2D eigenvalue weighted by Gasteiger charge is 2.22. The van der Waals surface area contributed by atoms with Crippen LogP contribution in [0.5, 0.6) is 5.75 Å². The van der Waals surface area contributed by atoms with Gasteiger partial charge >= 0.3 is 0 Å². The predicted octanol–water partition coefficient (Wildman–Crippen LogP) is 2.35. The van der Waals surface area contributed by atoms with Gasteiger partial charge in [0.05, 0.1) is 13.0 Å². The van der Waals surface area contributed by atoms with Gasteiger partial charge in [0.15, 0.2) is 0 Å². The summed E-state index contributed by atoms with van der Waals surface area (Å²) >= 11 is 0. The van der Waals surface area contributed by atoms with Gasteiger partial charge in [0.25, 0.3) is 0 Å². The highest BCUT2D eigenvalue weighted by atomic mass is 16.5. The number of benzene rings is 2. The van der Waals surface area contributed by atoms with Gasteiger partial charge in [-0.05, 0) is 29.7 Å². The normalized spacial score (nSPS) is 14.1. The second kappa shape index (κ2) is 6.14. The van der Waals surface area contributed by atoms with Crippen LogP contribution in [-0.2, 0) is 11.3 Å². The summed E-state index contributed by atoms with van der Waals surface area (Å²) in [7, 11) is 0. The molecule has 4 heteroatoms. The van der Waals surface area contributed by atoms with Crippen LogP contribution < -0.4 is 15.8 Å². The molecule has 3 N–H and O–H groups in total. The molecule has 0 heterocycles. The van der Waals surface area contributed by atoms with E-state index >= 15 is 0 Å². The fourth-order valence-corrected chi connectivity index (χ4v) is 2.44. The number of rotatable bonds is 6. The first-order chi connectivity index (χ1) is 10.3. The van der Waals surface area contributed by atoms with Crippen LogP contribution in [0.15, 0.2) is 36.4 Å². The van der Waals surface area contributed by atoms with Crippen LogP contribution in [0.1, 0.15) is 24.8 Å². The lowest BCUT2D eigenvalue weighted by Gasteiger charge is -2.13. The zero-order valence-electron chi connectivity index (χ0n) is 12.0. The van der Waals surface area contributed by atoms with Crippen LogP contribution in [0.4, 0.5) is 0 Å². The molecule has 21 heavy (non-hydrogen) atoms. The molecule has 3 rings (SSSR count). The predicted molar refractivity (Wildman–Crippen MR) is 83.1 cm³/mol. The molecule has 0 saturated heterocycles. The van der Waals surface area contributed by atoms with E-state index in [4.69, 9.17) is 10.5 Å². The first-order valence-corrected chi connectivity index (χ1v) is 7.41. The molecule has 1 fully saturated rings. The maximum absolute atomic E-state index is 11.6. The fraction of sp³-hybridized carbons (Fsp3) is 0.353. The SMILES string of the molecule is NCc1c(OCCC(=O)NC2CC2)ccc2ccccc12. The standard InChI is InChI=1S/C17H20N2O2/c18-11-15-14-4-2-1-3-12(14)5-8-16(15)21-10-9-17(20)19-13-6-7-13/h1-5,8,13H,6-7,9-11,18H2,(H,19,20). The van der Waals surface area contributed by atoms with Gasteiger partial charge in [-0.25, -0.2) is 0 Å². The summed E-state index contributed by atoms with van der Waals surface area (Å²) < 4.78 is 5.77. The highest BCUT2D eigenvalue weighted by molar-refractivity contribution is 5.87. The minimum atomic E-state index is 0.0626. The van der Waals surface area contributed by atoms with Crippen LogP contribution in [0, 0.1) is 0 Å². The van der Waals surface area contributed by atoms with Crippen LogP contribution in [0.25, 0.3) is 10.8 Å². The Balaban J connectivity index is 1.66. The van der Waals surface area contributed by atoms with Crippen molar-refractivity contribution < 1.29 is 9.53 Å². The van der Waals surface area contributed by atoms with Crippen LogP contribution in [0.2, 0.25) is 0 Å². The van der Waals surface area contributed by atoms with Crippen LogP contribution in [0.3, 0.4) is 0 Å². The van der Waals surface area contributed by atoms with Crippen molar-refractivity contribution in [3.8, 4) is 5.75 Å². The molecule has 1 aliphatic rings. The molecule has 0 atom stereocenters. The summed E-state index contributed by atoms with van der Waals surface area (Å²) in [5, 5.41) is 5.22. The van der Waals surface area contributed by atoms with Crippen LogP contribution in [-0.4, -0.2) is 18.6 Å². The molecule has 0 spiro atoms. The van der Waals surface area contributed by atoms with Crippen molar-refractivity contribution in [3.63, 3.8) is 0 Å². The number of fused-ring (bicyclic) bond motifs is 1. The number of hydrogen-bond donors (Lipinski definition) is 2. The van der Waals surface area contributed by atoms with E-state index in [2.05, 4.69) is 11.4 Å². The Labute approximate surface area is 124 Å². The van der Waals surface area contributed by atoms with E-state index in [0.29, 0.717) is 25.6 Å². The monoisotopic (exact) mass is 284 g/mol. The summed E-state index contributed by atoms with van der Waals surface area (Å²) in [5.41, 5.74) is 6.86. The summed E-state index contributed by atoms with van der Waals surface area (Å²) in [6.45, 7) is 0.800. The summed E-state index contributed by atoms with van der Waals surface area (Å²) in [5.74, 6) is 0.836. The first-order valence-electron chi connectivity index (χ1n) is 7.41. The number of nitrogens with one attached hydrogen (secondary N) is 1. The van der Waals surface area contributed by atoms with E-state index in [9.17, 15) is 4.79 Å². The Bertz CT molecular complexity index is 650. The first kappa shape index (κ1) is 13.9. The van der Waals surface area contributed by atoms with E-state index in [1.807, 2.05) is 30.3 Å². The van der Waals surface area contributed by atoms with E-state index in [-0.39, 0.29) is 5.91 Å². The minimum absolute atomic E-state index is 0.0626. The Hall–Kier alpha value is -2.07. The molecule has 110 valence electrons. The van der Waals surface area contributed by atoms with Crippen LogP contribution >= 0.6 is 0 Å². The summed E-state index contributed by atoms with van der Waals surface area (Å²) in [6.07, 6.45) is 2.59. The fourth-order valence-electron chi connectivity index (χ4n) is 2.44. The van der Waals surface area contributed by atoms with E-state index < -0.39 is 0 Å². The Kier molecular flexibility index (Phi) is 4.06. The van der Waals surface area contributed by atoms with Crippen molar-refractivity contribution in [3.05, 3.63) is 42.0 Å². The molecule has 0 aliphatic heterocycles. The molecule has 2 aromatic carbocycles. The van der Waals surface area contributed by atoms with Crippen molar-refractivity contribution in [2.45, 2.75) is 31.8 Å². The third kappa shape index (κ3) is 3.34. The highest BCUT2D eigenvalue weighted by Crippen LogP contribution is 2.27. The van der Waals surface area contributed by atoms with E-state index in [0.717, 1.165) is 34.9 Å². The van der Waals surface area contributed by atoms with Gasteiger partial charge in [0.2, 0.25) is 5.91 Å². The van der Waals surface area contributed by atoms with Gasteiger partial charge in [-0.3, -0.25) is 4.79 Å². The van der Waals surface area contributed by atoms with Gasteiger partial charge in [-0.15, -0.1) is 0 Å². The average Bonchev–Trinajstić information content (AvgIpc) is 3.30. The minimum Gasteiger partial charge on any atom is -0.493 e. The molecule has 0 radical (unpaired) electrons. The van der Waals surface area contributed by atoms with Gasteiger partial charge in [0.1, 0.15) is 5.75 Å². The maximum Gasteiger partial charge on any atom is 0.223 e. The number of ether oxygens (including phenoxy) is 1. The molecule has 1 amide bonds. The molecule has 0 unspecified atom stereocenters. The molecular weight excluding hydrogens is 264 g/mol. The second-order valence-corrected chi connectivity index (χ2v) is 5.41. The van der Waals surface area contributed by atoms with Gasteiger partial charge in [-0.2, -0.15) is 0 Å². The number of carbonyl (C=O) groups excluding carboxylic acids is 1. The third-order valence-electron chi connectivity index (χ3n) is 3.73. The Morgan fingerprint density at radius 3 is 2.81 bits per heavy atom. The lowest BCUT2D eigenvalue weighted by Crippen LogP contribution is -2.26. The number of hydrogen-bond acceptors (Lipinski definition) is 3. The zero-order chi connectivity index (χ0) is 14.7. The summed E-state index contributed by atoms with van der Waals surface area (Å²) in [4.78, 5) is 11.6. The molecule has 2 aromatic rings. The maximum atomic E-state index is 11.6. The number of amides is 1. The Morgan fingerprint density at radius 1 is 1.24 bits per heavy atom. The van der Waals surface area contributed by atoms with E-state index in [1.165, 1.54) is 0 Å². The summed E-state index contributed by atoms with van der Waals surface area (Å²) in [6, 6.07) is 12.5. The van der Waals surface area contributed by atoms with Gasteiger partial charge in [-0.1, -0.05) is 30.3 Å². The van der Waals surface area contributed by atoms with E-state index in [1.54, 1.807) is 0 Å². The lowest BCUT2D eigenvalue weighted by atomic mass is 10.0. The zero-order valence-corrected chi connectivity index (χ0v) is 12.0. The van der Waals surface area contributed by atoms with Gasteiger partial charge in [0, 0.05) is 18.2 Å². The quantitative estimate of drug-likeness (QED) is 0.855. The molecule has 1 aliphatic carbocycles.